The van der Waals surface area contributed by atoms with Crippen molar-refractivity contribution in [1.82, 2.24) is 4.31 Å². The molecule has 0 amide bonds. The smallest absolute Gasteiger partial charge is 0.357 e. The van der Waals surface area contributed by atoms with E-state index in [1.54, 1.807) is 36.2 Å². The number of methoxy groups -OCH3 is 4. The summed E-state index contributed by atoms with van der Waals surface area (Å²) in [7, 11) is 2.15. The minimum atomic E-state index is -4.46. The van der Waals surface area contributed by atoms with E-state index in [4.69, 9.17) is 18.9 Å². The summed E-state index contributed by atoms with van der Waals surface area (Å²) in [5.41, 5.74) is -0.563. The molecule has 210 valence electrons. The van der Waals surface area contributed by atoms with Gasteiger partial charge in [-0.3, -0.25) is 0 Å². The van der Waals surface area contributed by atoms with Gasteiger partial charge in [-0.2, -0.15) is 0 Å². The molecule has 2 aromatic carbocycles. The molecule has 0 aliphatic carbocycles. The molecule has 0 aromatic heterocycles. The number of ether oxygens (including phenoxy) is 4. The van der Waals surface area contributed by atoms with Crippen LogP contribution in [0.25, 0.3) is 0 Å². The maximum absolute atomic E-state index is 14.3. The van der Waals surface area contributed by atoms with Crippen LogP contribution in [0.1, 0.15) is 12.0 Å². The van der Waals surface area contributed by atoms with Crippen LogP contribution in [0.15, 0.2) is 69.7 Å². The largest absolute Gasteiger partial charge is 0.497 e. The number of fused-ring (bicyclic) bond motifs is 1. The van der Waals surface area contributed by atoms with Gasteiger partial charge in [0.1, 0.15) is 17.6 Å². The van der Waals surface area contributed by atoms with Crippen LogP contribution in [0.2, 0.25) is 0 Å². The van der Waals surface area contributed by atoms with E-state index in [2.05, 4.69) is 4.99 Å². The zero-order valence-electron chi connectivity index (χ0n) is 22.4. The molecule has 0 saturated carbocycles. The minimum Gasteiger partial charge on any atom is -0.497 e. The number of carbonyl (C=O) groups excluding carboxylic acids is 3. The summed E-state index contributed by atoms with van der Waals surface area (Å²) in [4.78, 5) is 45.7. The monoisotopic (exact) mass is 569 g/mol. The third kappa shape index (κ3) is 3.60. The summed E-state index contributed by atoms with van der Waals surface area (Å²) in [6, 6.07) is 10.5. The maximum atomic E-state index is 14.3. The Morgan fingerprint density at radius 1 is 0.925 bits per heavy atom. The van der Waals surface area contributed by atoms with E-state index in [0.717, 1.165) is 18.5 Å². The zero-order valence-corrected chi connectivity index (χ0v) is 23.2. The van der Waals surface area contributed by atoms with Crippen LogP contribution in [-0.4, -0.2) is 84.0 Å². The second kappa shape index (κ2) is 9.66. The van der Waals surface area contributed by atoms with Crippen LogP contribution in [-0.2, 0) is 44.0 Å². The van der Waals surface area contributed by atoms with Gasteiger partial charge in [-0.1, -0.05) is 18.2 Å². The Labute approximate surface area is 230 Å². The number of rotatable bonds is 6. The van der Waals surface area contributed by atoms with E-state index in [1.165, 1.54) is 38.5 Å². The van der Waals surface area contributed by atoms with E-state index in [-0.39, 0.29) is 22.7 Å². The fourth-order valence-electron chi connectivity index (χ4n) is 5.98. The Kier molecular flexibility index (Phi) is 6.57. The number of para-hydroxylation sites is 1. The first kappa shape index (κ1) is 27.2. The van der Waals surface area contributed by atoms with Gasteiger partial charge in [0.05, 0.1) is 50.4 Å². The van der Waals surface area contributed by atoms with Gasteiger partial charge in [-0.25, -0.2) is 32.1 Å². The lowest BCUT2D eigenvalue weighted by Crippen LogP contribution is -2.55. The van der Waals surface area contributed by atoms with Crippen molar-refractivity contribution in [2.24, 2.45) is 4.99 Å². The molecule has 3 atom stereocenters. The molecule has 1 saturated heterocycles. The molecule has 0 radical (unpaired) electrons. The van der Waals surface area contributed by atoms with E-state index >= 15 is 0 Å². The lowest BCUT2D eigenvalue weighted by atomic mass is 9.69. The van der Waals surface area contributed by atoms with E-state index in [0.29, 0.717) is 17.0 Å². The zero-order chi connectivity index (χ0) is 29.0. The van der Waals surface area contributed by atoms with Gasteiger partial charge in [-0.05, 0) is 42.3 Å². The molecule has 0 N–H and O–H groups in total. The van der Waals surface area contributed by atoms with Gasteiger partial charge in [-0.15, -0.1) is 0 Å². The van der Waals surface area contributed by atoms with Gasteiger partial charge in [0.15, 0.2) is 5.70 Å². The number of hydrogen-bond acceptors (Lipinski definition) is 11. The predicted molar refractivity (Wildman–Crippen MR) is 141 cm³/mol. The summed E-state index contributed by atoms with van der Waals surface area (Å²) >= 11 is 0. The number of nitrogens with zero attached hydrogens (tertiary/aromatic N) is 3. The molecule has 3 aliphatic rings. The topological polar surface area (TPSA) is 141 Å². The molecule has 3 aliphatic heterocycles. The predicted octanol–water partition coefficient (Wildman–Crippen LogP) is 1.40. The lowest BCUT2D eigenvalue weighted by Gasteiger charge is -2.39. The van der Waals surface area contributed by atoms with Crippen molar-refractivity contribution < 1.29 is 41.7 Å². The summed E-state index contributed by atoms with van der Waals surface area (Å²) < 4.78 is 49.7. The molecule has 0 bridgehead atoms. The van der Waals surface area contributed by atoms with Crippen molar-refractivity contribution in [3.63, 3.8) is 0 Å². The number of likely N-dealkylation sites (N-methyl/N-ethyl adjacent to an activating group) is 1. The van der Waals surface area contributed by atoms with Crippen molar-refractivity contribution in [1.29, 1.82) is 0 Å². The number of benzene rings is 2. The first-order chi connectivity index (χ1) is 19.1. The van der Waals surface area contributed by atoms with Crippen LogP contribution in [0.4, 0.5) is 5.69 Å². The van der Waals surface area contributed by atoms with Gasteiger partial charge >= 0.3 is 17.9 Å². The molecule has 0 unspecified atom stereocenters. The molecule has 1 fully saturated rings. The minimum absolute atomic E-state index is 0.103. The fourth-order valence-corrected chi connectivity index (χ4v) is 7.61. The van der Waals surface area contributed by atoms with Crippen molar-refractivity contribution in [2.45, 2.75) is 28.8 Å². The number of carbonyl (C=O) groups is 3. The number of sulfonamides is 1. The third-order valence-electron chi connectivity index (χ3n) is 7.64. The summed E-state index contributed by atoms with van der Waals surface area (Å²) in [5, 5.41) is 0. The first-order valence-corrected chi connectivity index (χ1v) is 13.6. The van der Waals surface area contributed by atoms with Crippen LogP contribution in [0.3, 0.4) is 0 Å². The van der Waals surface area contributed by atoms with Crippen LogP contribution >= 0.6 is 0 Å². The van der Waals surface area contributed by atoms with Gasteiger partial charge in [0.25, 0.3) is 10.0 Å². The van der Waals surface area contributed by atoms with Gasteiger partial charge < -0.3 is 23.8 Å². The van der Waals surface area contributed by atoms with E-state index < -0.39 is 51.1 Å². The molecule has 40 heavy (non-hydrogen) atoms. The molecular formula is C27H27N3O9S. The number of anilines is 1. The highest BCUT2D eigenvalue weighted by Crippen LogP contribution is 2.58. The quantitative estimate of drug-likeness (QED) is 0.370. The van der Waals surface area contributed by atoms with Crippen LogP contribution < -0.4 is 9.64 Å². The second-order valence-corrected chi connectivity index (χ2v) is 11.2. The Morgan fingerprint density at radius 3 is 2.17 bits per heavy atom. The SMILES string of the molecule is COC(=O)C1=C(C(=O)OC)[C@@H]2N(C)c3ccccc3[C@@]23C[C@@H](C(=O)OC)N(S(=O)(=O)c2ccc(OC)cc2)C3=N1. The average molecular weight is 570 g/mol. The van der Waals surface area contributed by atoms with Crippen molar-refractivity contribution in [2.75, 3.05) is 40.4 Å². The summed E-state index contributed by atoms with van der Waals surface area (Å²) in [6.07, 6.45) is -0.116. The molecule has 13 heteroatoms. The summed E-state index contributed by atoms with van der Waals surface area (Å²) in [5.74, 6) is -2.30. The fraction of sp³-hybridized carbons (Fsp3) is 0.333. The Bertz CT molecular complexity index is 1580. The highest BCUT2D eigenvalue weighted by atomic mass is 32.2. The van der Waals surface area contributed by atoms with E-state index in [1.807, 2.05) is 0 Å². The van der Waals surface area contributed by atoms with Crippen LogP contribution in [0, 0.1) is 0 Å². The van der Waals surface area contributed by atoms with Crippen LogP contribution in [0.5, 0.6) is 5.75 Å². The Morgan fingerprint density at radius 2 is 1.57 bits per heavy atom. The molecular weight excluding hydrogens is 542 g/mol. The number of aliphatic imine (C=N–C) groups is 1. The standard InChI is InChI=1S/C27H27N3O9S/c1-29-18-9-7-6-8-17(18)27-14-19(23(31)37-3)30(40(34,35)16-12-10-15(36-2)11-13-16)26(27)28-21(25(33)39-5)20(22(27)29)24(32)38-4/h6-13,19,22H,14H2,1-5H3/t19-,22-,27-/m0/s1. The molecule has 2 aromatic rings. The molecule has 3 heterocycles. The second-order valence-electron chi connectivity index (χ2n) is 9.40. The van der Waals surface area contributed by atoms with Crippen molar-refractivity contribution in [3.8, 4) is 5.75 Å². The first-order valence-electron chi connectivity index (χ1n) is 12.2. The average Bonchev–Trinajstić information content (AvgIpc) is 3.46. The van der Waals surface area contributed by atoms with Gasteiger partial charge in [0.2, 0.25) is 0 Å². The number of amidine groups is 1. The number of hydrogen-bond donors (Lipinski definition) is 0. The van der Waals surface area contributed by atoms with Gasteiger partial charge in [0, 0.05) is 12.7 Å². The highest BCUT2D eigenvalue weighted by molar-refractivity contribution is 7.89. The Hall–Kier alpha value is -4.39. The lowest BCUT2D eigenvalue weighted by molar-refractivity contribution is -0.144. The third-order valence-corrected chi connectivity index (χ3v) is 9.46. The van der Waals surface area contributed by atoms with E-state index in [9.17, 15) is 22.8 Å². The molecule has 1 spiro atoms. The maximum Gasteiger partial charge on any atom is 0.357 e. The summed E-state index contributed by atoms with van der Waals surface area (Å²) in [6.45, 7) is 0. The molecule has 12 nitrogen and oxygen atoms in total. The van der Waals surface area contributed by atoms with Crippen molar-refractivity contribution >= 4 is 39.5 Å². The normalized spacial score (nSPS) is 23.1. The highest BCUT2D eigenvalue weighted by Gasteiger charge is 2.68. The molecule has 5 rings (SSSR count). The number of esters is 3. The van der Waals surface area contributed by atoms with Crippen molar-refractivity contribution in [3.05, 3.63) is 65.4 Å². The Balaban J connectivity index is 1.86.